The van der Waals surface area contributed by atoms with E-state index in [9.17, 15) is 0 Å². The summed E-state index contributed by atoms with van der Waals surface area (Å²) in [5.41, 5.74) is 5.24. The van der Waals surface area contributed by atoms with E-state index in [4.69, 9.17) is 0 Å². The molecule has 1 aliphatic heterocycles. The highest BCUT2D eigenvalue weighted by Crippen LogP contribution is 2.22. The molecule has 1 aliphatic rings. The third-order valence-electron chi connectivity index (χ3n) is 4.56. The Balaban J connectivity index is 1.45. The van der Waals surface area contributed by atoms with Gasteiger partial charge in [-0.15, -0.1) is 5.10 Å². The van der Waals surface area contributed by atoms with Crippen molar-refractivity contribution in [1.82, 2.24) is 15.2 Å². The van der Waals surface area contributed by atoms with Crippen LogP contribution in [0.4, 0.5) is 11.8 Å². The zero-order valence-electron chi connectivity index (χ0n) is 14.3. The fourth-order valence-corrected chi connectivity index (χ4v) is 3.08. The molecule has 126 valence electrons. The summed E-state index contributed by atoms with van der Waals surface area (Å²) in [6.07, 6.45) is 2.69. The van der Waals surface area contributed by atoms with Crippen molar-refractivity contribution < 1.29 is 0 Å². The van der Waals surface area contributed by atoms with E-state index in [0.717, 1.165) is 31.9 Å². The molecule has 1 aromatic heterocycles. The van der Waals surface area contributed by atoms with E-state index in [1.165, 1.54) is 22.3 Å². The topological polar surface area (TPSA) is 53.9 Å². The summed E-state index contributed by atoms with van der Waals surface area (Å²) < 4.78 is 0. The third-order valence-corrected chi connectivity index (χ3v) is 4.56. The smallest absolute Gasteiger partial charge is 0.247 e. The van der Waals surface area contributed by atoms with Crippen LogP contribution in [0.3, 0.4) is 0 Å². The number of rotatable bonds is 4. The van der Waals surface area contributed by atoms with Gasteiger partial charge in [0.2, 0.25) is 5.95 Å². The number of aromatic nitrogens is 3. The standard InChI is InChI=1S/C20H21N5/c1-15-6-8-16(9-7-15)12-21-19-13-22-24-20(23-19)25-11-10-17-4-2-3-5-18(17)14-25/h2-9,13H,10-12,14H2,1H3,(H,21,23,24). The number of aryl methyl sites for hydroxylation is 1. The lowest BCUT2D eigenvalue weighted by molar-refractivity contribution is 0.697. The number of anilines is 2. The Hall–Kier alpha value is -2.95. The summed E-state index contributed by atoms with van der Waals surface area (Å²) in [5.74, 6) is 1.44. The van der Waals surface area contributed by atoms with Crippen molar-refractivity contribution in [2.45, 2.75) is 26.4 Å². The van der Waals surface area contributed by atoms with E-state index in [-0.39, 0.29) is 0 Å². The minimum Gasteiger partial charge on any atom is -0.365 e. The Kier molecular flexibility index (Phi) is 4.29. The van der Waals surface area contributed by atoms with Gasteiger partial charge in [0.25, 0.3) is 0 Å². The van der Waals surface area contributed by atoms with Crippen molar-refractivity contribution in [2.24, 2.45) is 0 Å². The molecule has 0 saturated carbocycles. The Bertz CT molecular complexity index is 860. The minimum absolute atomic E-state index is 0.684. The first-order chi connectivity index (χ1) is 12.3. The molecule has 25 heavy (non-hydrogen) atoms. The first kappa shape index (κ1) is 15.6. The molecule has 0 fully saturated rings. The van der Waals surface area contributed by atoms with E-state index in [1.54, 1.807) is 6.20 Å². The molecule has 0 saturated heterocycles. The first-order valence-corrected chi connectivity index (χ1v) is 8.59. The quantitative estimate of drug-likeness (QED) is 0.794. The van der Waals surface area contributed by atoms with Gasteiger partial charge in [-0.1, -0.05) is 54.1 Å². The van der Waals surface area contributed by atoms with Crippen LogP contribution in [0.1, 0.15) is 22.3 Å². The van der Waals surface area contributed by atoms with Gasteiger partial charge < -0.3 is 10.2 Å². The predicted molar refractivity (Wildman–Crippen MR) is 99.5 cm³/mol. The Morgan fingerprint density at radius 2 is 1.84 bits per heavy atom. The summed E-state index contributed by atoms with van der Waals surface area (Å²) in [4.78, 5) is 6.83. The Morgan fingerprint density at radius 1 is 1.04 bits per heavy atom. The Labute approximate surface area is 147 Å². The summed E-state index contributed by atoms with van der Waals surface area (Å²) in [7, 11) is 0. The molecule has 0 bridgehead atoms. The van der Waals surface area contributed by atoms with Crippen LogP contribution in [0.15, 0.2) is 54.7 Å². The molecule has 0 unspecified atom stereocenters. The second kappa shape index (κ2) is 6.89. The van der Waals surface area contributed by atoms with Gasteiger partial charge in [0.1, 0.15) is 0 Å². The molecule has 0 aliphatic carbocycles. The molecule has 0 amide bonds. The maximum atomic E-state index is 4.64. The van der Waals surface area contributed by atoms with E-state index < -0.39 is 0 Å². The molecule has 0 spiro atoms. The van der Waals surface area contributed by atoms with Crippen molar-refractivity contribution in [2.75, 3.05) is 16.8 Å². The molecular weight excluding hydrogens is 310 g/mol. The van der Waals surface area contributed by atoms with Crippen molar-refractivity contribution in [3.8, 4) is 0 Å². The molecule has 0 atom stereocenters. The fourth-order valence-electron chi connectivity index (χ4n) is 3.08. The normalized spacial score (nSPS) is 13.4. The zero-order chi connectivity index (χ0) is 17.1. The fraction of sp³-hybridized carbons (Fsp3) is 0.250. The minimum atomic E-state index is 0.684. The van der Waals surface area contributed by atoms with Crippen LogP contribution in [0.25, 0.3) is 0 Å². The maximum Gasteiger partial charge on any atom is 0.247 e. The summed E-state index contributed by atoms with van der Waals surface area (Å²) in [6, 6.07) is 17.0. The molecule has 2 heterocycles. The monoisotopic (exact) mass is 331 g/mol. The largest absolute Gasteiger partial charge is 0.365 e. The van der Waals surface area contributed by atoms with Crippen LogP contribution < -0.4 is 10.2 Å². The Morgan fingerprint density at radius 3 is 2.68 bits per heavy atom. The van der Waals surface area contributed by atoms with E-state index in [1.807, 2.05) is 0 Å². The molecule has 5 heteroatoms. The van der Waals surface area contributed by atoms with E-state index in [2.05, 4.69) is 80.9 Å². The van der Waals surface area contributed by atoms with Crippen molar-refractivity contribution in [3.63, 3.8) is 0 Å². The van der Waals surface area contributed by atoms with Gasteiger partial charge in [-0.2, -0.15) is 10.1 Å². The lowest BCUT2D eigenvalue weighted by Gasteiger charge is -2.28. The number of nitrogens with one attached hydrogen (secondary N) is 1. The van der Waals surface area contributed by atoms with Gasteiger partial charge in [0, 0.05) is 19.6 Å². The molecule has 5 nitrogen and oxygen atoms in total. The van der Waals surface area contributed by atoms with Crippen LogP contribution in [0, 0.1) is 6.92 Å². The van der Waals surface area contributed by atoms with Crippen LogP contribution in [0.5, 0.6) is 0 Å². The molecule has 4 rings (SSSR count). The first-order valence-electron chi connectivity index (χ1n) is 8.59. The highest BCUT2D eigenvalue weighted by Gasteiger charge is 2.18. The highest BCUT2D eigenvalue weighted by molar-refractivity contribution is 5.43. The van der Waals surface area contributed by atoms with Crippen LogP contribution in [-0.4, -0.2) is 21.7 Å². The van der Waals surface area contributed by atoms with Gasteiger partial charge in [-0.25, -0.2) is 0 Å². The number of hydrogen-bond donors (Lipinski definition) is 1. The number of hydrogen-bond acceptors (Lipinski definition) is 5. The lowest BCUT2D eigenvalue weighted by Crippen LogP contribution is -2.32. The average Bonchev–Trinajstić information content (AvgIpc) is 2.67. The van der Waals surface area contributed by atoms with Gasteiger partial charge in [0.05, 0.1) is 6.20 Å². The third kappa shape index (κ3) is 3.60. The van der Waals surface area contributed by atoms with Crippen LogP contribution in [0.2, 0.25) is 0 Å². The summed E-state index contributed by atoms with van der Waals surface area (Å²) in [6.45, 7) is 4.56. The van der Waals surface area contributed by atoms with E-state index in [0.29, 0.717) is 5.95 Å². The molecule has 1 N–H and O–H groups in total. The number of nitrogens with zero attached hydrogens (tertiary/aromatic N) is 4. The second-order valence-electron chi connectivity index (χ2n) is 6.42. The molecular formula is C20H21N5. The lowest BCUT2D eigenvalue weighted by atomic mass is 10.0. The van der Waals surface area contributed by atoms with Crippen molar-refractivity contribution in [3.05, 3.63) is 77.0 Å². The van der Waals surface area contributed by atoms with Gasteiger partial charge in [-0.3, -0.25) is 0 Å². The van der Waals surface area contributed by atoms with Crippen molar-refractivity contribution in [1.29, 1.82) is 0 Å². The molecule has 3 aromatic rings. The molecule has 2 aromatic carbocycles. The second-order valence-corrected chi connectivity index (χ2v) is 6.42. The summed E-state index contributed by atoms with van der Waals surface area (Å²) >= 11 is 0. The maximum absolute atomic E-state index is 4.64. The SMILES string of the molecule is Cc1ccc(CNc2cnnc(N3CCc4ccccc4C3)n2)cc1. The molecule has 0 radical (unpaired) electrons. The van der Waals surface area contributed by atoms with Gasteiger partial charge >= 0.3 is 0 Å². The van der Waals surface area contributed by atoms with Crippen LogP contribution >= 0.6 is 0 Å². The number of fused-ring (bicyclic) bond motifs is 1. The predicted octanol–water partition coefficient (Wildman–Crippen LogP) is 3.35. The van der Waals surface area contributed by atoms with Gasteiger partial charge in [0.15, 0.2) is 5.82 Å². The van der Waals surface area contributed by atoms with Crippen molar-refractivity contribution >= 4 is 11.8 Å². The average molecular weight is 331 g/mol. The van der Waals surface area contributed by atoms with Gasteiger partial charge in [-0.05, 0) is 30.0 Å². The zero-order valence-corrected chi connectivity index (χ0v) is 14.3. The summed E-state index contributed by atoms with van der Waals surface area (Å²) in [5, 5.41) is 11.7. The number of benzene rings is 2. The van der Waals surface area contributed by atoms with E-state index >= 15 is 0 Å². The van der Waals surface area contributed by atoms with Crippen LogP contribution in [-0.2, 0) is 19.5 Å². The highest BCUT2D eigenvalue weighted by atomic mass is 15.3.